The van der Waals surface area contributed by atoms with Gasteiger partial charge in [0.2, 0.25) is 0 Å². The van der Waals surface area contributed by atoms with Crippen molar-refractivity contribution in [3.05, 3.63) is 23.0 Å². The molecule has 2 N–H and O–H groups in total. The van der Waals surface area contributed by atoms with Gasteiger partial charge in [-0.15, -0.1) is 0 Å². The zero-order chi connectivity index (χ0) is 9.80. The molecule has 2 rings (SSSR count). The molecule has 1 aromatic rings. The van der Waals surface area contributed by atoms with Gasteiger partial charge in [0, 0.05) is 31.6 Å². The lowest BCUT2D eigenvalue weighted by Gasteiger charge is -2.09. The quantitative estimate of drug-likeness (QED) is 0.804. The third-order valence-corrected chi connectivity index (χ3v) is 2.64. The Morgan fingerprint density at radius 3 is 3.21 bits per heavy atom. The zero-order valence-electron chi connectivity index (χ0n) is 8.05. The summed E-state index contributed by atoms with van der Waals surface area (Å²) in [6, 6.07) is 1.93. The largest absolute Gasteiger partial charge is 0.377 e. The van der Waals surface area contributed by atoms with Crippen LogP contribution in [-0.2, 0) is 11.3 Å². The molecule has 0 aromatic carbocycles. The minimum absolute atomic E-state index is 0.403. The van der Waals surface area contributed by atoms with Gasteiger partial charge >= 0.3 is 0 Å². The lowest BCUT2D eigenvalue weighted by molar-refractivity contribution is 0.110. The lowest BCUT2D eigenvalue weighted by atomic mass is 10.2. The van der Waals surface area contributed by atoms with Crippen molar-refractivity contribution in [1.29, 1.82) is 0 Å². The number of ether oxygens (including phenoxy) is 1. The fourth-order valence-electron chi connectivity index (χ4n) is 1.69. The molecule has 1 aromatic heterocycles. The van der Waals surface area contributed by atoms with Crippen LogP contribution in [0.5, 0.6) is 0 Å². The van der Waals surface area contributed by atoms with Crippen LogP contribution in [0.15, 0.2) is 12.3 Å². The van der Waals surface area contributed by atoms with Crippen LogP contribution < -0.4 is 5.32 Å². The number of H-pyrrole nitrogens is 1. The van der Waals surface area contributed by atoms with Gasteiger partial charge in [0.25, 0.3) is 0 Å². The van der Waals surface area contributed by atoms with Gasteiger partial charge in [-0.05, 0) is 18.9 Å². The molecule has 1 aliphatic rings. The number of nitrogens with one attached hydrogen (secondary N) is 2. The molecule has 0 spiro atoms. The van der Waals surface area contributed by atoms with Crippen molar-refractivity contribution in [3.8, 4) is 0 Å². The minimum Gasteiger partial charge on any atom is -0.377 e. The molecular weight excluding hydrogens is 200 g/mol. The maximum absolute atomic E-state index is 5.78. The van der Waals surface area contributed by atoms with Crippen molar-refractivity contribution in [2.45, 2.75) is 25.5 Å². The van der Waals surface area contributed by atoms with Gasteiger partial charge in [-0.1, -0.05) is 11.6 Å². The number of hydrogen-bond donors (Lipinski definition) is 2. The Balaban J connectivity index is 1.67. The summed E-state index contributed by atoms with van der Waals surface area (Å²) in [6.07, 6.45) is 4.57. The topological polar surface area (TPSA) is 37.0 Å². The van der Waals surface area contributed by atoms with E-state index in [0.717, 1.165) is 30.4 Å². The smallest absolute Gasteiger partial charge is 0.0700 e. The number of aromatic nitrogens is 1. The third kappa shape index (κ3) is 2.74. The maximum atomic E-state index is 5.78. The number of halogens is 1. The Morgan fingerprint density at radius 1 is 1.64 bits per heavy atom. The summed E-state index contributed by atoms with van der Waals surface area (Å²) in [5, 5.41) is 4.10. The van der Waals surface area contributed by atoms with Crippen molar-refractivity contribution in [3.63, 3.8) is 0 Å². The van der Waals surface area contributed by atoms with Crippen LogP contribution in [0.1, 0.15) is 18.5 Å². The molecule has 1 fully saturated rings. The van der Waals surface area contributed by atoms with Crippen LogP contribution in [0.4, 0.5) is 0 Å². The first kappa shape index (κ1) is 10.0. The molecule has 1 saturated heterocycles. The highest BCUT2D eigenvalue weighted by atomic mass is 35.5. The van der Waals surface area contributed by atoms with Gasteiger partial charge in [-0.25, -0.2) is 0 Å². The van der Waals surface area contributed by atoms with Crippen molar-refractivity contribution >= 4 is 11.6 Å². The fraction of sp³-hybridized carbons (Fsp3) is 0.600. The molecule has 14 heavy (non-hydrogen) atoms. The molecule has 4 heteroatoms. The first-order valence-corrected chi connectivity index (χ1v) is 5.37. The normalized spacial score (nSPS) is 21.6. The highest BCUT2D eigenvalue weighted by Gasteiger charge is 2.14. The molecule has 1 atom stereocenters. The van der Waals surface area contributed by atoms with Crippen LogP contribution in [0.25, 0.3) is 0 Å². The molecule has 0 bridgehead atoms. The summed E-state index contributed by atoms with van der Waals surface area (Å²) in [6.45, 7) is 2.67. The van der Waals surface area contributed by atoms with E-state index in [1.54, 1.807) is 6.20 Å². The summed E-state index contributed by atoms with van der Waals surface area (Å²) in [7, 11) is 0. The van der Waals surface area contributed by atoms with E-state index < -0.39 is 0 Å². The first-order chi connectivity index (χ1) is 6.84. The van der Waals surface area contributed by atoms with Gasteiger partial charge in [0.1, 0.15) is 0 Å². The Kier molecular flexibility index (Phi) is 3.45. The molecule has 78 valence electrons. The molecule has 0 saturated carbocycles. The highest BCUT2D eigenvalue weighted by Crippen LogP contribution is 2.11. The van der Waals surface area contributed by atoms with E-state index in [9.17, 15) is 0 Å². The Labute approximate surface area is 88.8 Å². The molecule has 2 heterocycles. The van der Waals surface area contributed by atoms with Crippen LogP contribution in [0.2, 0.25) is 5.02 Å². The van der Waals surface area contributed by atoms with Crippen molar-refractivity contribution in [1.82, 2.24) is 10.3 Å². The second-order valence-electron chi connectivity index (χ2n) is 3.61. The van der Waals surface area contributed by atoms with E-state index in [4.69, 9.17) is 16.3 Å². The fourth-order valence-corrected chi connectivity index (χ4v) is 1.87. The minimum atomic E-state index is 0.403. The third-order valence-electron chi connectivity index (χ3n) is 2.42. The van der Waals surface area contributed by atoms with E-state index >= 15 is 0 Å². The second-order valence-corrected chi connectivity index (χ2v) is 4.05. The summed E-state index contributed by atoms with van der Waals surface area (Å²) in [5.74, 6) is 0. The average molecular weight is 215 g/mol. The maximum Gasteiger partial charge on any atom is 0.0700 e. The summed E-state index contributed by atoms with van der Waals surface area (Å²) < 4.78 is 5.50. The zero-order valence-corrected chi connectivity index (χ0v) is 8.81. The number of rotatable bonds is 4. The summed E-state index contributed by atoms with van der Waals surface area (Å²) in [5.41, 5.74) is 1.12. The predicted octanol–water partition coefficient (Wildman–Crippen LogP) is 1.94. The van der Waals surface area contributed by atoms with Crippen LogP contribution in [0.3, 0.4) is 0 Å². The van der Waals surface area contributed by atoms with Gasteiger partial charge in [0.15, 0.2) is 0 Å². The van der Waals surface area contributed by atoms with Crippen molar-refractivity contribution in [2.24, 2.45) is 0 Å². The van der Waals surface area contributed by atoms with Gasteiger partial charge < -0.3 is 15.0 Å². The summed E-state index contributed by atoms with van der Waals surface area (Å²) >= 11 is 5.78. The van der Waals surface area contributed by atoms with Crippen LogP contribution >= 0.6 is 11.6 Å². The predicted molar refractivity (Wildman–Crippen MR) is 56.5 cm³/mol. The van der Waals surface area contributed by atoms with Gasteiger partial charge in [-0.3, -0.25) is 0 Å². The highest BCUT2D eigenvalue weighted by molar-refractivity contribution is 6.30. The Morgan fingerprint density at radius 2 is 2.57 bits per heavy atom. The van der Waals surface area contributed by atoms with E-state index in [-0.39, 0.29) is 0 Å². The van der Waals surface area contributed by atoms with Crippen LogP contribution in [-0.4, -0.2) is 24.2 Å². The number of hydrogen-bond acceptors (Lipinski definition) is 2. The van der Waals surface area contributed by atoms with Crippen LogP contribution in [0, 0.1) is 0 Å². The lowest BCUT2D eigenvalue weighted by Crippen LogP contribution is -2.25. The summed E-state index contributed by atoms with van der Waals surface area (Å²) in [4.78, 5) is 3.10. The Bertz CT molecular complexity index is 281. The first-order valence-electron chi connectivity index (χ1n) is 5.00. The molecule has 1 unspecified atom stereocenters. The Hall–Kier alpha value is -0.510. The van der Waals surface area contributed by atoms with Crippen molar-refractivity contribution < 1.29 is 4.74 Å². The monoisotopic (exact) mass is 214 g/mol. The van der Waals surface area contributed by atoms with Crippen molar-refractivity contribution in [2.75, 3.05) is 13.2 Å². The molecule has 0 radical (unpaired) electrons. The molecule has 0 amide bonds. The van der Waals surface area contributed by atoms with Gasteiger partial charge in [0.05, 0.1) is 11.1 Å². The number of aromatic amines is 1. The van der Waals surface area contributed by atoms with E-state index in [1.807, 2.05) is 6.07 Å². The van der Waals surface area contributed by atoms with E-state index in [0.29, 0.717) is 6.10 Å². The van der Waals surface area contributed by atoms with E-state index in [1.165, 1.54) is 12.8 Å². The standard InChI is InChI=1S/C10H15ClN2O/c11-8-4-9(13-5-8)6-12-7-10-2-1-3-14-10/h4-5,10,12-13H,1-3,6-7H2. The average Bonchev–Trinajstić information content (AvgIpc) is 2.77. The molecule has 3 nitrogen and oxygen atoms in total. The second kappa shape index (κ2) is 4.82. The van der Waals surface area contributed by atoms with E-state index in [2.05, 4.69) is 10.3 Å². The van der Waals surface area contributed by atoms with Gasteiger partial charge in [-0.2, -0.15) is 0 Å². The SMILES string of the molecule is Clc1c[nH]c(CNCC2CCCO2)c1. The molecule has 1 aliphatic heterocycles. The molecular formula is C10H15ClN2O. The molecule has 0 aliphatic carbocycles.